The maximum absolute atomic E-state index is 11.3. The number of hydrogen-bond donors (Lipinski definition) is 1. The number of esters is 1. The standard InChI is InChI=1S/C8H6ClN3O2/c1-14-8(13)7-6-4(10-3-11-6)2-5(9)12-7/h2-3H,1H3,(H,10,11). The Bertz CT molecular complexity index is 494. The molecule has 1 N–H and O–H groups in total. The Kier molecular flexibility index (Phi) is 2.09. The van der Waals surface area contributed by atoms with Crippen LogP contribution in [0.5, 0.6) is 0 Å². The summed E-state index contributed by atoms with van der Waals surface area (Å²) < 4.78 is 4.55. The van der Waals surface area contributed by atoms with E-state index in [2.05, 4.69) is 19.7 Å². The molecular formula is C8H6ClN3O2. The normalized spacial score (nSPS) is 10.4. The van der Waals surface area contributed by atoms with Crippen molar-refractivity contribution in [3.63, 3.8) is 0 Å². The second kappa shape index (κ2) is 3.26. The van der Waals surface area contributed by atoms with E-state index < -0.39 is 5.97 Å². The highest BCUT2D eigenvalue weighted by atomic mass is 35.5. The summed E-state index contributed by atoms with van der Waals surface area (Å²) >= 11 is 5.72. The van der Waals surface area contributed by atoms with Crippen LogP contribution in [0.15, 0.2) is 12.4 Å². The van der Waals surface area contributed by atoms with E-state index in [1.165, 1.54) is 13.4 Å². The molecule has 0 atom stereocenters. The number of rotatable bonds is 1. The maximum atomic E-state index is 11.3. The third kappa shape index (κ3) is 1.31. The maximum Gasteiger partial charge on any atom is 0.359 e. The van der Waals surface area contributed by atoms with Crippen LogP contribution < -0.4 is 0 Å². The fourth-order valence-corrected chi connectivity index (χ4v) is 1.35. The Hall–Kier alpha value is -1.62. The molecule has 0 aliphatic heterocycles. The van der Waals surface area contributed by atoms with Crippen LogP contribution in [0.1, 0.15) is 10.5 Å². The molecule has 5 nitrogen and oxygen atoms in total. The lowest BCUT2D eigenvalue weighted by Crippen LogP contribution is -2.05. The van der Waals surface area contributed by atoms with E-state index in [0.29, 0.717) is 11.0 Å². The first-order valence-electron chi connectivity index (χ1n) is 3.80. The number of pyridine rings is 1. The van der Waals surface area contributed by atoms with E-state index in [4.69, 9.17) is 11.6 Å². The zero-order valence-corrected chi connectivity index (χ0v) is 8.00. The summed E-state index contributed by atoms with van der Waals surface area (Å²) in [6, 6.07) is 1.59. The summed E-state index contributed by atoms with van der Waals surface area (Å²) in [5, 5.41) is 0.224. The lowest BCUT2D eigenvalue weighted by Gasteiger charge is -1.99. The summed E-state index contributed by atoms with van der Waals surface area (Å²) in [5.41, 5.74) is 1.24. The lowest BCUT2D eigenvalue weighted by molar-refractivity contribution is 0.0596. The van der Waals surface area contributed by atoms with E-state index in [9.17, 15) is 4.79 Å². The van der Waals surface area contributed by atoms with Crippen molar-refractivity contribution in [1.29, 1.82) is 0 Å². The van der Waals surface area contributed by atoms with Crippen molar-refractivity contribution >= 4 is 28.6 Å². The van der Waals surface area contributed by atoms with Crippen molar-refractivity contribution in [3.05, 3.63) is 23.2 Å². The predicted molar refractivity (Wildman–Crippen MR) is 50.2 cm³/mol. The smallest absolute Gasteiger partial charge is 0.359 e. The van der Waals surface area contributed by atoms with Gasteiger partial charge in [0, 0.05) is 6.07 Å². The van der Waals surface area contributed by atoms with Crippen molar-refractivity contribution in [2.24, 2.45) is 0 Å². The van der Waals surface area contributed by atoms with E-state index in [-0.39, 0.29) is 10.8 Å². The van der Waals surface area contributed by atoms with Gasteiger partial charge in [-0.1, -0.05) is 11.6 Å². The molecule has 2 heterocycles. The summed E-state index contributed by atoms with van der Waals surface area (Å²) in [4.78, 5) is 21.9. The molecule has 0 unspecified atom stereocenters. The molecule has 0 aromatic carbocycles. The molecule has 2 rings (SSSR count). The predicted octanol–water partition coefficient (Wildman–Crippen LogP) is 1.40. The minimum atomic E-state index is -0.551. The van der Waals surface area contributed by atoms with Crippen molar-refractivity contribution in [1.82, 2.24) is 15.0 Å². The highest BCUT2D eigenvalue weighted by Gasteiger charge is 2.15. The highest BCUT2D eigenvalue weighted by Crippen LogP contribution is 2.17. The number of H-pyrrole nitrogens is 1. The molecule has 0 spiro atoms. The molecule has 0 saturated carbocycles. The van der Waals surface area contributed by atoms with Gasteiger partial charge in [0.25, 0.3) is 0 Å². The number of nitrogens with zero attached hydrogens (tertiary/aromatic N) is 2. The average Bonchev–Trinajstić information content (AvgIpc) is 2.62. The van der Waals surface area contributed by atoms with Gasteiger partial charge in [0.1, 0.15) is 10.7 Å². The second-order valence-corrected chi connectivity index (χ2v) is 2.97. The van der Waals surface area contributed by atoms with Gasteiger partial charge < -0.3 is 9.72 Å². The number of hydrogen-bond acceptors (Lipinski definition) is 4. The molecule has 2 aromatic rings. The Morgan fingerprint density at radius 1 is 1.64 bits per heavy atom. The molecule has 0 aliphatic rings. The molecule has 2 aromatic heterocycles. The van der Waals surface area contributed by atoms with Gasteiger partial charge in [0.2, 0.25) is 0 Å². The number of carbonyl (C=O) groups is 1. The molecule has 0 radical (unpaired) electrons. The van der Waals surface area contributed by atoms with E-state index in [0.717, 1.165) is 0 Å². The minimum Gasteiger partial charge on any atom is -0.464 e. The van der Waals surface area contributed by atoms with Gasteiger partial charge in [-0.25, -0.2) is 14.8 Å². The number of halogens is 1. The molecule has 0 aliphatic carbocycles. The zero-order chi connectivity index (χ0) is 10.1. The summed E-state index contributed by atoms with van der Waals surface area (Å²) in [7, 11) is 1.28. The average molecular weight is 212 g/mol. The SMILES string of the molecule is COC(=O)c1nc(Cl)cc2[nH]cnc12. The van der Waals surface area contributed by atoms with Gasteiger partial charge >= 0.3 is 5.97 Å². The van der Waals surface area contributed by atoms with Crippen molar-refractivity contribution in [2.75, 3.05) is 7.11 Å². The van der Waals surface area contributed by atoms with Crippen LogP contribution in [-0.2, 0) is 4.74 Å². The Morgan fingerprint density at radius 2 is 2.43 bits per heavy atom. The van der Waals surface area contributed by atoms with Gasteiger partial charge in [-0.15, -0.1) is 0 Å². The van der Waals surface area contributed by atoms with Crippen molar-refractivity contribution < 1.29 is 9.53 Å². The number of ether oxygens (including phenoxy) is 1. The fraction of sp³-hybridized carbons (Fsp3) is 0.125. The first-order valence-corrected chi connectivity index (χ1v) is 4.18. The van der Waals surface area contributed by atoms with Gasteiger partial charge in [-0.3, -0.25) is 0 Å². The summed E-state index contributed by atoms with van der Waals surface area (Å²) in [6.45, 7) is 0. The monoisotopic (exact) mass is 211 g/mol. The van der Waals surface area contributed by atoms with Crippen LogP contribution in [-0.4, -0.2) is 28.0 Å². The molecule has 72 valence electrons. The van der Waals surface area contributed by atoms with Crippen LogP contribution in [0, 0.1) is 0 Å². The molecule has 6 heteroatoms. The summed E-state index contributed by atoms with van der Waals surface area (Å²) in [6.07, 6.45) is 1.47. The number of fused-ring (bicyclic) bond motifs is 1. The molecule has 0 fully saturated rings. The Morgan fingerprint density at radius 3 is 3.14 bits per heavy atom. The van der Waals surface area contributed by atoms with Crippen LogP contribution in [0.4, 0.5) is 0 Å². The molecular weight excluding hydrogens is 206 g/mol. The molecule has 0 bridgehead atoms. The quantitative estimate of drug-likeness (QED) is 0.572. The number of nitrogens with one attached hydrogen (secondary N) is 1. The van der Waals surface area contributed by atoms with Crippen LogP contribution in [0.25, 0.3) is 11.0 Å². The van der Waals surface area contributed by atoms with Crippen LogP contribution in [0.3, 0.4) is 0 Å². The number of methoxy groups -OCH3 is 1. The van der Waals surface area contributed by atoms with E-state index in [1.807, 2.05) is 0 Å². The lowest BCUT2D eigenvalue weighted by atomic mass is 10.3. The van der Waals surface area contributed by atoms with Gasteiger partial charge in [-0.2, -0.15) is 0 Å². The van der Waals surface area contributed by atoms with Crippen molar-refractivity contribution in [2.45, 2.75) is 0 Å². The topological polar surface area (TPSA) is 67.9 Å². The minimum absolute atomic E-state index is 0.122. The van der Waals surface area contributed by atoms with Crippen molar-refractivity contribution in [3.8, 4) is 0 Å². The third-order valence-electron chi connectivity index (χ3n) is 1.75. The molecule has 14 heavy (non-hydrogen) atoms. The second-order valence-electron chi connectivity index (χ2n) is 2.58. The number of imidazole rings is 1. The first-order chi connectivity index (χ1) is 6.72. The van der Waals surface area contributed by atoms with Gasteiger partial charge in [0.05, 0.1) is 19.0 Å². The third-order valence-corrected chi connectivity index (χ3v) is 1.95. The fourth-order valence-electron chi connectivity index (χ4n) is 1.15. The molecule has 0 saturated heterocycles. The van der Waals surface area contributed by atoms with Gasteiger partial charge in [0.15, 0.2) is 5.69 Å². The highest BCUT2D eigenvalue weighted by molar-refractivity contribution is 6.30. The van der Waals surface area contributed by atoms with Crippen LogP contribution in [0.2, 0.25) is 5.15 Å². The van der Waals surface area contributed by atoms with E-state index >= 15 is 0 Å². The number of carbonyl (C=O) groups excluding carboxylic acids is 1. The van der Waals surface area contributed by atoms with E-state index in [1.54, 1.807) is 6.07 Å². The first kappa shape index (κ1) is 8.96. The zero-order valence-electron chi connectivity index (χ0n) is 7.24. The molecule has 0 amide bonds. The number of aromatic nitrogens is 3. The van der Waals surface area contributed by atoms with Gasteiger partial charge in [-0.05, 0) is 0 Å². The Labute approximate surface area is 84.1 Å². The van der Waals surface area contributed by atoms with Crippen LogP contribution >= 0.6 is 11.6 Å². The largest absolute Gasteiger partial charge is 0.464 e. The number of aromatic amines is 1. The summed E-state index contributed by atoms with van der Waals surface area (Å²) in [5.74, 6) is -0.551. The Balaban J connectivity index is 2.72.